The molecule has 0 spiro atoms. The Morgan fingerprint density at radius 2 is 1.86 bits per heavy atom. The number of hydrogen-bond donors (Lipinski definition) is 0. The summed E-state index contributed by atoms with van der Waals surface area (Å²) in [6.07, 6.45) is 0. The van der Waals surface area contributed by atoms with E-state index in [1.165, 1.54) is 0 Å². The lowest BCUT2D eigenvalue weighted by molar-refractivity contribution is 0.585. The highest BCUT2D eigenvalue weighted by Gasteiger charge is 2.25. The van der Waals surface area contributed by atoms with Crippen LogP contribution in [0, 0.1) is 0 Å². The molecule has 0 bridgehead atoms. The summed E-state index contributed by atoms with van der Waals surface area (Å²) in [5.41, 5.74) is 0. The number of rotatable bonds is 3. The number of alkyl halides is 2. The normalized spacial score (nSPS) is 12.7. The Labute approximate surface area is 96.2 Å². The van der Waals surface area contributed by atoms with Crippen LogP contribution in [0.4, 0.5) is 0 Å². The number of halogens is 2. The zero-order valence-electron chi connectivity index (χ0n) is 7.44. The second kappa shape index (κ2) is 4.30. The van der Waals surface area contributed by atoms with E-state index in [0.717, 1.165) is 11.3 Å². The Morgan fingerprint density at radius 1 is 1.29 bits per heavy atom. The maximum Gasteiger partial charge on any atom is 0.232 e. The van der Waals surface area contributed by atoms with Crippen LogP contribution in [0.5, 0.6) is 0 Å². The number of nitrogens with zero attached hydrogens (tertiary/aromatic N) is 2. The zero-order chi connectivity index (χ0) is 10.9. The molecule has 1 heterocycles. The van der Waals surface area contributed by atoms with Gasteiger partial charge in [-0.15, -0.1) is 10.2 Å². The molecule has 0 N–H and O–H groups in total. The maximum atomic E-state index is 11.6. The van der Waals surface area contributed by atoms with Crippen LogP contribution >= 0.6 is 34.5 Å². The molecular weight excluding hydrogens is 267 g/mol. The minimum Gasteiger partial charge on any atom is -0.221 e. The maximum absolute atomic E-state index is 11.6. The third-order valence-electron chi connectivity index (χ3n) is 1.47. The average Bonchev–Trinajstić information content (AvgIpc) is 2.51. The van der Waals surface area contributed by atoms with Crippen molar-refractivity contribution in [1.29, 1.82) is 0 Å². The smallest absolute Gasteiger partial charge is 0.221 e. The van der Waals surface area contributed by atoms with E-state index in [4.69, 9.17) is 23.2 Å². The molecule has 0 amide bonds. The van der Waals surface area contributed by atoms with Gasteiger partial charge in [-0.05, 0) is 13.8 Å². The fourth-order valence-electron chi connectivity index (χ4n) is 0.625. The van der Waals surface area contributed by atoms with Crippen molar-refractivity contribution in [3.63, 3.8) is 0 Å². The second-order valence-corrected chi connectivity index (χ2v) is 7.58. The Hall–Kier alpha value is 0.0900. The van der Waals surface area contributed by atoms with E-state index in [2.05, 4.69) is 10.2 Å². The van der Waals surface area contributed by atoms with Crippen molar-refractivity contribution in [2.24, 2.45) is 0 Å². The Balaban J connectivity index is 3.10. The molecule has 1 aromatic rings. The SMILES string of the molecule is CC(C)S(=O)(=O)c1nnc(C(Cl)Cl)s1. The Kier molecular flexibility index (Phi) is 3.74. The van der Waals surface area contributed by atoms with Crippen LogP contribution < -0.4 is 0 Å². The molecule has 0 atom stereocenters. The van der Waals surface area contributed by atoms with Crippen molar-refractivity contribution >= 4 is 44.4 Å². The summed E-state index contributed by atoms with van der Waals surface area (Å²) in [7, 11) is -3.36. The lowest BCUT2D eigenvalue weighted by atomic mass is 10.6. The Bertz CT molecular complexity index is 413. The number of sulfone groups is 1. The molecule has 14 heavy (non-hydrogen) atoms. The predicted molar refractivity (Wildman–Crippen MR) is 56.7 cm³/mol. The quantitative estimate of drug-likeness (QED) is 0.793. The summed E-state index contributed by atoms with van der Waals surface area (Å²) in [4.78, 5) is -0.830. The van der Waals surface area contributed by atoms with Gasteiger partial charge in [0.25, 0.3) is 0 Å². The highest BCUT2D eigenvalue weighted by atomic mass is 35.5. The molecule has 0 radical (unpaired) electrons. The van der Waals surface area contributed by atoms with E-state index < -0.39 is 19.9 Å². The summed E-state index contributed by atoms with van der Waals surface area (Å²) in [5, 5.41) is 6.91. The van der Waals surface area contributed by atoms with Gasteiger partial charge in [0.1, 0.15) is 0 Å². The van der Waals surface area contributed by atoms with Crippen molar-refractivity contribution < 1.29 is 8.42 Å². The summed E-state index contributed by atoms with van der Waals surface area (Å²) >= 11 is 12.0. The molecule has 1 aromatic heterocycles. The highest BCUT2D eigenvalue weighted by molar-refractivity contribution is 7.93. The Morgan fingerprint density at radius 3 is 2.21 bits per heavy atom. The van der Waals surface area contributed by atoms with Gasteiger partial charge in [0, 0.05) is 0 Å². The third kappa shape index (κ3) is 2.36. The molecule has 0 aliphatic rings. The molecule has 0 aliphatic carbocycles. The summed E-state index contributed by atoms with van der Waals surface area (Å²) in [6.45, 7) is 3.16. The van der Waals surface area contributed by atoms with Crippen molar-refractivity contribution in [1.82, 2.24) is 10.2 Å². The van der Waals surface area contributed by atoms with Crippen molar-refractivity contribution in [3.05, 3.63) is 5.01 Å². The van der Waals surface area contributed by atoms with Crippen LogP contribution in [0.2, 0.25) is 0 Å². The molecule has 0 saturated heterocycles. The van der Waals surface area contributed by atoms with E-state index >= 15 is 0 Å². The van der Waals surface area contributed by atoms with Crippen LogP contribution in [-0.2, 0) is 9.84 Å². The second-order valence-electron chi connectivity index (χ2n) is 2.80. The molecular formula is C6H8Cl2N2O2S2. The lowest BCUT2D eigenvalue weighted by Gasteiger charge is -2.01. The molecule has 0 fully saturated rings. The number of aromatic nitrogens is 2. The van der Waals surface area contributed by atoms with Gasteiger partial charge in [0.2, 0.25) is 14.2 Å². The predicted octanol–water partition coefficient (Wildman–Crippen LogP) is 2.20. The standard InChI is InChI=1S/C6H8Cl2N2O2S2/c1-3(2)14(11,12)6-10-9-5(13-6)4(7)8/h3-4H,1-2H3. The third-order valence-corrected chi connectivity index (χ3v) is 5.68. The first kappa shape index (κ1) is 12.2. The van der Waals surface area contributed by atoms with Gasteiger partial charge >= 0.3 is 0 Å². The minimum atomic E-state index is -3.36. The van der Waals surface area contributed by atoms with Gasteiger partial charge in [-0.2, -0.15) is 0 Å². The van der Waals surface area contributed by atoms with E-state index in [1.54, 1.807) is 13.8 Å². The molecule has 0 aliphatic heterocycles. The van der Waals surface area contributed by atoms with E-state index in [9.17, 15) is 8.42 Å². The number of hydrogen-bond acceptors (Lipinski definition) is 5. The molecule has 0 aromatic carbocycles. The van der Waals surface area contributed by atoms with Crippen LogP contribution in [0.1, 0.15) is 23.7 Å². The van der Waals surface area contributed by atoms with Crippen molar-refractivity contribution in [3.8, 4) is 0 Å². The van der Waals surface area contributed by atoms with Crippen LogP contribution in [0.15, 0.2) is 4.34 Å². The highest BCUT2D eigenvalue weighted by Crippen LogP contribution is 2.30. The molecule has 80 valence electrons. The topological polar surface area (TPSA) is 59.9 Å². The van der Waals surface area contributed by atoms with Gasteiger partial charge in [-0.3, -0.25) is 0 Å². The molecule has 0 saturated carbocycles. The minimum absolute atomic E-state index is 0.0335. The lowest BCUT2D eigenvalue weighted by Crippen LogP contribution is -2.13. The van der Waals surface area contributed by atoms with E-state index in [-0.39, 0.29) is 4.34 Å². The molecule has 0 unspecified atom stereocenters. The molecule has 4 nitrogen and oxygen atoms in total. The van der Waals surface area contributed by atoms with Crippen molar-refractivity contribution in [2.75, 3.05) is 0 Å². The fourth-order valence-corrected chi connectivity index (χ4v) is 3.27. The van der Waals surface area contributed by atoms with Gasteiger partial charge in [0.15, 0.2) is 9.84 Å². The molecule has 1 rings (SSSR count). The van der Waals surface area contributed by atoms with Gasteiger partial charge in [0.05, 0.1) is 5.25 Å². The molecule has 8 heteroatoms. The first-order chi connectivity index (χ1) is 6.35. The van der Waals surface area contributed by atoms with Crippen LogP contribution in [0.3, 0.4) is 0 Å². The van der Waals surface area contributed by atoms with Gasteiger partial charge < -0.3 is 0 Å². The van der Waals surface area contributed by atoms with E-state index in [0.29, 0.717) is 5.01 Å². The largest absolute Gasteiger partial charge is 0.232 e. The zero-order valence-corrected chi connectivity index (χ0v) is 10.6. The van der Waals surface area contributed by atoms with Crippen LogP contribution in [0.25, 0.3) is 0 Å². The summed E-state index contributed by atoms with van der Waals surface area (Å²) < 4.78 is 23.1. The first-order valence-electron chi connectivity index (χ1n) is 3.71. The monoisotopic (exact) mass is 274 g/mol. The van der Waals surface area contributed by atoms with Gasteiger partial charge in [-0.1, -0.05) is 34.5 Å². The van der Waals surface area contributed by atoms with Crippen LogP contribution in [-0.4, -0.2) is 23.9 Å². The van der Waals surface area contributed by atoms with E-state index in [1.807, 2.05) is 0 Å². The summed E-state index contributed by atoms with van der Waals surface area (Å²) in [5.74, 6) is 0. The first-order valence-corrected chi connectivity index (χ1v) is 6.94. The fraction of sp³-hybridized carbons (Fsp3) is 0.667. The van der Waals surface area contributed by atoms with Gasteiger partial charge in [-0.25, -0.2) is 8.42 Å². The average molecular weight is 275 g/mol. The summed E-state index contributed by atoms with van der Waals surface area (Å²) in [6, 6.07) is 0. The van der Waals surface area contributed by atoms with Crippen molar-refractivity contribution in [2.45, 2.75) is 28.3 Å².